The third-order valence-corrected chi connectivity index (χ3v) is 6.53. The van der Waals surface area contributed by atoms with Gasteiger partial charge in [0, 0.05) is 25.9 Å². The standard InChI is InChI=1S/C19H31N3O3S/c1-16-7-9-18(10-8-16)26(24,25)21-13-11-19(23)20-12-5-15-22-14-4-3-6-17(22)2/h7-10,17,21H,3-6,11-15H2,1-2H3,(H,20,23)/p+1/t17-/m0/s1. The molecule has 2 rings (SSSR count). The quantitative estimate of drug-likeness (QED) is 0.548. The molecule has 146 valence electrons. The fraction of sp³-hybridized carbons (Fsp3) is 0.632. The molecule has 1 aromatic rings. The first-order valence-corrected chi connectivity index (χ1v) is 11.0. The van der Waals surface area contributed by atoms with Crippen LogP contribution in [0.3, 0.4) is 0 Å². The highest BCUT2D eigenvalue weighted by Crippen LogP contribution is 2.09. The third-order valence-electron chi connectivity index (χ3n) is 5.05. The molecule has 0 aromatic heterocycles. The summed E-state index contributed by atoms with van der Waals surface area (Å²) in [5.74, 6) is -0.113. The largest absolute Gasteiger partial charge is 0.356 e. The average Bonchev–Trinajstić information content (AvgIpc) is 2.60. The van der Waals surface area contributed by atoms with Crippen molar-refractivity contribution in [2.75, 3.05) is 26.2 Å². The summed E-state index contributed by atoms with van der Waals surface area (Å²) in [6.45, 7) is 7.28. The highest BCUT2D eigenvalue weighted by atomic mass is 32.2. The molecule has 1 aliphatic heterocycles. The van der Waals surface area contributed by atoms with E-state index in [-0.39, 0.29) is 23.8 Å². The average molecular weight is 383 g/mol. The maximum atomic E-state index is 12.1. The van der Waals surface area contributed by atoms with Crippen LogP contribution in [0, 0.1) is 6.92 Å². The van der Waals surface area contributed by atoms with Crippen LogP contribution in [0.15, 0.2) is 29.2 Å². The van der Waals surface area contributed by atoms with E-state index in [9.17, 15) is 13.2 Å². The van der Waals surface area contributed by atoms with E-state index in [0.717, 1.165) is 24.6 Å². The molecule has 1 fully saturated rings. The molecule has 2 atom stereocenters. The second-order valence-corrected chi connectivity index (χ2v) is 8.99. The number of carbonyl (C=O) groups excluding carboxylic acids is 1. The fourth-order valence-corrected chi connectivity index (χ4v) is 4.39. The molecule has 1 saturated heterocycles. The Morgan fingerprint density at radius 1 is 1.19 bits per heavy atom. The van der Waals surface area contributed by atoms with Crippen LogP contribution in [0.5, 0.6) is 0 Å². The van der Waals surface area contributed by atoms with Crippen LogP contribution in [0.2, 0.25) is 0 Å². The van der Waals surface area contributed by atoms with Crippen molar-refractivity contribution < 1.29 is 18.1 Å². The number of benzene rings is 1. The number of hydrogen-bond acceptors (Lipinski definition) is 3. The topological polar surface area (TPSA) is 79.7 Å². The van der Waals surface area contributed by atoms with Crippen molar-refractivity contribution >= 4 is 15.9 Å². The van der Waals surface area contributed by atoms with Crippen molar-refractivity contribution in [1.29, 1.82) is 0 Å². The highest BCUT2D eigenvalue weighted by Gasteiger charge is 2.21. The molecule has 3 N–H and O–H groups in total. The van der Waals surface area contributed by atoms with E-state index in [4.69, 9.17) is 0 Å². The first-order chi connectivity index (χ1) is 12.4. The number of quaternary nitrogens is 1. The predicted octanol–water partition coefficient (Wildman–Crippen LogP) is 0.627. The summed E-state index contributed by atoms with van der Waals surface area (Å²) < 4.78 is 26.8. The van der Waals surface area contributed by atoms with Crippen molar-refractivity contribution in [1.82, 2.24) is 10.0 Å². The molecule has 1 unspecified atom stereocenters. The molecule has 1 aliphatic rings. The zero-order valence-electron chi connectivity index (χ0n) is 15.9. The Labute approximate surface area is 157 Å². The third kappa shape index (κ3) is 6.70. The monoisotopic (exact) mass is 382 g/mol. The Morgan fingerprint density at radius 2 is 1.92 bits per heavy atom. The molecule has 6 nitrogen and oxygen atoms in total. The van der Waals surface area contributed by atoms with Crippen molar-refractivity contribution in [3.63, 3.8) is 0 Å². The zero-order chi connectivity index (χ0) is 19.0. The van der Waals surface area contributed by atoms with Gasteiger partial charge in [0.2, 0.25) is 15.9 Å². The van der Waals surface area contributed by atoms with Gasteiger partial charge in [-0.1, -0.05) is 17.7 Å². The Bertz CT molecular complexity index is 674. The lowest BCUT2D eigenvalue weighted by Crippen LogP contribution is -3.16. The Morgan fingerprint density at radius 3 is 2.62 bits per heavy atom. The summed E-state index contributed by atoms with van der Waals surface area (Å²) in [5, 5.41) is 2.88. The van der Waals surface area contributed by atoms with Crippen LogP contribution in [-0.4, -0.2) is 46.5 Å². The summed E-state index contributed by atoms with van der Waals surface area (Å²) in [6.07, 6.45) is 5.04. The minimum absolute atomic E-state index is 0.108. The summed E-state index contributed by atoms with van der Waals surface area (Å²) >= 11 is 0. The molecule has 1 aromatic carbocycles. The van der Waals surface area contributed by atoms with Gasteiger partial charge in [0.15, 0.2) is 0 Å². The second-order valence-electron chi connectivity index (χ2n) is 7.22. The van der Waals surface area contributed by atoms with E-state index < -0.39 is 10.0 Å². The van der Waals surface area contributed by atoms with Crippen molar-refractivity contribution in [3.8, 4) is 0 Å². The van der Waals surface area contributed by atoms with E-state index in [1.165, 1.54) is 25.8 Å². The van der Waals surface area contributed by atoms with Crippen LogP contribution < -0.4 is 14.9 Å². The summed E-state index contributed by atoms with van der Waals surface area (Å²) in [6, 6.07) is 7.37. The molecule has 1 heterocycles. The molecule has 0 bridgehead atoms. The van der Waals surface area contributed by atoms with E-state index in [1.807, 2.05) is 6.92 Å². The number of nitrogens with one attached hydrogen (secondary N) is 3. The number of aryl methyl sites for hydroxylation is 1. The normalized spacial score (nSPS) is 20.7. The lowest BCUT2D eigenvalue weighted by molar-refractivity contribution is -0.928. The van der Waals surface area contributed by atoms with Crippen LogP contribution in [-0.2, 0) is 14.8 Å². The fourth-order valence-electron chi connectivity index (χ4n) is 3.36. The first kappa shape index (κ1) is 20.9. The van der Waals surface area contributed by atoms with E-state index in [2.05, 4.69) is 17.0 Å². The van der Waals surface area contributed by atoms with Gasteiger partial charge in [-0.2, -0.15) is 0 Å². The number of likely N-dealkylation sites (tertiary alicyclic amines) is 1. The van der Waals surface area contributed by atoms with Gasteiger partial charge >= 0.3 is 0 Å². The predicted molar refractivity (Wildman–Crippen MR) is 103 cm³/mol. The number of sulfonamides is 1. The van der Waals surface area contributed by atoms with Crippen molar-refractivity contribution in [2.45, 2.75) is 56.9 Å². The summed E-state index contributed by atoms with van der Waals surface area (Å²) in [5.41, 5.74) is 1.00. The molecule has 7 heteroatoms. The van der Waals surface area contributed by atoms with Gasteiger partial charge in [-0.05, 0) is 45.2 Å². The molecular weight excluding hydrogens is 350 g/mol. The zero-order valence-corrected chi connectivity index (χ0v) is 16.7. The van der Waals surface area contributed by atoms with Gasteiger partial charge in [0.25, 0.3) is 0 Å². The maximum absolute atomic E-state index is 12.1. The smallest absolute Gasteiger partial charge is 0.240 e. The van der Waals surface area contributed by atoms with Gasteiger partial charge in [0.05, 0.1) is 24.0 Å². The minimum atomic E-state index is -3.55. The van der Waals surface area contributed by atoms with Crippen molar-refractivity contribution in [3.05, 3.63) is 29.8 Å². The van der Waals surface area contributed by atoms with Crippen molar-refractivity contribution in [2.24, 2.45) is 0 Å². The summed E-state index contributed by atoms with van der Waals surface area (Å²) in [4.78, 5) is 13.7. The van der Waals surface area contributed by atoms with Gasteiger partial charge in [-0.3, -0.25) is 4.79 Å². The highest BCUT2D eigenvalue weighted by molar-refractivity contribution is 7.89. The van der Waals surface area contributed by atoms with Gasteiger partial charge in [-0.25, -0.2) is 13.1 Å². The second kappa shape index (κ2) is 10.0. The number of hydrogen-bond donors (Lipinski definition) is 3. The number of rotatable bonds is 9. The summed E-state index contributed by atoms with van der Waals surface area (Å²) in [7, 11) is -3.55. The number of piperidine rings is 1. The molecular formula is C19H32N3O3S+. The Balaban J connectivity index is 1.62. The van der Waals surface area contributed by atoms with Gasteiger partial charge in [-0.15, -0.1) is 0 Å². The molecule has 0 aliphatic carbocycles. The molecule has 0 saturated carbocycles. The first-order valence-electron chi connectivity index (χ1n) is 9.56. The maximum Gasteiger partial charge on any atom is 0.240 e. The van der Waals surface area contributed by atoms with Crippen LogP contribution in [0.1, 0.15) is 44.6 Å². The van der Waals surface area contributed by atoms with Crippen LogP contribution in [0.4, 0.5) is 0 Å². The molecule has 26 heavy (non-hydrogen) atoms. The molecule has 0 spiro atoms. The van der Waals surface area contributed by atoms with E-state index in [1.54, 1.807) is 29.2 Å². The van der Waals surface area contributed by atoms with Gasteiger partial charge < -0.3 is 10.2 Å². The van der Waals surface area contributed by atoms with Crippen LogP contribution in [0.25, 0.3) is 0 Å². The molecule has 0 radical (unpaired) electrons. The Hall–Kier alpha value is -1.44. The van der Waals surface area contributed by atoms with E-state index >= 15 is 0 Å². The van der Waals surface area contributed by atoms with Crippen LogP contribution >= 0.6 is 0 Å². The molecule has 1 amide bonds. The Kier molecular flexibility index (Phi) is 8.06. The SMILES string of the molecule is Cc1ccc(S(=O)(=O)NCCC(=O)NCCC[NH+]2CCCC[C@@H]2C)cc1. The minimum Gasteiger partial charge on any atom is -0.356 e. The van der Waals surface area contributed by atoms with E-state index in [0.29, 0.717) is 6.54 Å². The lowest BCUT2D eigenvalue weighted by atomic mass is 10.0. The lowest BCUT2D eigenvalue weighted by Gasteiger charge is -2.30. The number of amides is 1. The number of carbonyl (C=O) groups is 1. The van der Waals surface area contributed by atoms with Gasteiger partial charge in [0.1, 0.15) is 0 Å².